The Morgan fingerprint density at radius 1 is 1.22 bits per heavy atom. The van der Waals surface area contributed by atoms with Crippen molar-refractivity contribution in [3.05, 3.63) is 86.2 Å². The van der Waals surface area contributed by atoms with Crippen molar-refractivity contribution in [1.82, 2.24) is 24.9 Å². The third-order valence-electron chi connectivity index (χ3n) is 4.41. The van der Waals surface area contributed by atoms with Crippen molar-refractivity contribution in [3.8, 4) is 17.1 Å². The molecule has 0 unspecified atom stereocenters. The molecular weight excluding hydrogens is 454 g/mol. The normalized spacial score (nSPS) is 10.8. The van der Waals surface area contributed by atoms with Crippen LogP contribution in [0.25, 0.3) is 11.4 Å². The van der Waals surface area contributed by atoms with Crippen LogP contribution >= 0.6 is 22.9 Å². The molecule has 0 aliphatic carbocycles. The summed E-state index contributed by atoms with van der Waals surface area (Å²) in [5.41, 5.74) is 1.53. The second kappa shape index (κ2) is 9.77. The molecule has 1 amide bonds. The number of benzene rings is 1. The Morgan fingerprint density at radius 2 is 2.09 bits per heavy atom. The highest BCUT2D eigenvalue weighted by Gasteiger charge is 2.13. The summed E-state index contributed by atoms with van der Waals surface area (Å²) in [4.78, 5) is 24.9. The minimum atomic E-state index is -0.249. The van der Waals surface area contributed by atoms with Crippen LogP contribution in [-0.2, 0) is 6.54 Å². The van der Waals surface area contributed by atoms with E-state index < -0.39 is 0 Å². The highest BCUT2D eigenvalue weighted by Crippen LogP contribution is 2.26. The molecule has 0 bridgehead atoms. The SMILES string of the molecule is O=C(NCc1cn(-c2ccc(-n3ccccc3=O)cc2OCCO)nn1)c1ccc(Cl)s1. The molecule has 0 fully saturated rings. The van der Waals surface area contributed by atoms with Gasteiger partial charge in [0, 0.05) is 18.3 Å². The smallest absolute Gasteiger partial charge is 0.261 e. The number of thiophene rings is 1. The van der Waals surface area contributed by atoms with Crippen molar-refractivity contribution in [2.45, 2.75) is 6.54 Å². The average Bonchev–Trinajstić information content (AvgIpc) is 3.45. The van der Waals surface area contributed by atoms with Gasteiger partial charge in [-0.2, -0.15) is 0 Å². The van der Waals surface area contributed by atoms with Gasteiger partial charge in [0.1, 0.15) is 23.7 Å². The second-order valence-corrected chi connectivity index (χ2v) is 8.29. The predicted octanol–water partition coefficient (Wildman–Crippen LogP) is 2.43. The summed E-state index contributed by atoms with van der Waals surface area (Å²) in [6, 6.07) is 13.4. The number of aliphatic hydroxyl groups excluding tert-OH is 1. The van der Waals surface area contributed by atoms with E-state index in [1.165, 1.54) is 26.7 Å². The Kier molecular flexibility index (Phi) is 6.64. The van der Waals surface area contributed by atoms with E-state index in [0.29, 0.717) is 32.0 Å². The van der Waals surface area contributed by atoms with E-state index in [-0.39, 0.29) is 31.2 Å². The number of pyridine rings is 1. The minimum Gasteiger partial charge on any atom is -0.489 e. The maximum atomic E-state index is 12.2. The summed E-state index contributed by atoms with van der Waals surface area (Å²) in [5, 5.41) is 20.2. The quantitative estimate of drug-likeness (QED) is 0.408. The Labute approximate surface area is 191 Å². The molecule has 32 heavy (non-hydrogen) atoms. The zero-order valence-electron chi connectivity index (χ0n) is 16.6. The first-order chi connectivity index (χ1) is 15.5. The number of hydrogen-bond donors (Lipinski definition) is 2. The molecule has 0 spiro atoms. The average molecular weight is 472 g/mol. The van der Waals surface area contributed by atoms with E-state index in [2.05, 4.69) is 15.6 Å². The number of rotatable bonds is 8. The summed E-state index contributed by atoms with van der Waals surface area (Å²) >= 11 is 7.06. The molecule has 3 aromatic heterocycles. The highest BCUT2D eigenvalue weighted by atomic mass is 35.5. The maximum absolute atomic E-state index is 12.2. The number of halogens is 1. The fourth-order valence-corrected chi connectivity index (χ4v) is 3.90. The van der Waals surface area contributed by atoms with Crippen LogP contribution in [0.5, 0.6) is 5.75 Å². The Hall–Kier alpha value is -3.47. The van der Waals surface area contributed by atoms with Crippen LogP contribution in [0.1, 0.15) is 15.4 Å². The van der Waals surface area contributed by atoms with Gasteiger partial charge < -0.3 is 15.2 Å². The van der Waals surface area contributed by atoms with E-state index in [4.69, 9.17) is 16.3 Å². The molecule has 4 aromatic rings. The lowest BCUT2D eigenvalue weighted by molar-refractivity contribution is 0.0954. The number of aliphatic hydroxyl groups is 1. The van der Waals surface area contributed by atoms with Gasteiger partial charge in [-0.25, -0.2) is 4.68 Å². The van der Waals surface area contributed by atoms with Gasteiger partial charge in [0.15, 0.2) is 0 Å². The lowest BCUT2D eigenvalue weighted by Crippen LogP contribution is -2.21. The van der Waals surface area contributed by atoms with Crippen LogP contribution in [0.3, 0.4) is 0 Å². The minimum absolute atomic E-state index is 0.0706. The largest absolute Gasteiger partial charge is 0.489 e. The third kappa shape index (κ3) is 4.88. The van der Waals surface area contributed by atoms with E-state index in [9.17, 15) is 14.7 Å². The standard InChI is InChI=1S/C21H18ClN5O4S/c22-19-7-6-18(32-19)21(30)23-12-14-13-27(25-24-14)16-5-4-15(11-17(16)31-10-9-28)26-8-2-1-3-20(26)29/h1-8,11,13,28H,9-10,12H2,(H,23,30). The van der Waals surface area contributed by atoms with Crippen molar-refractivity contribution >= 4 is 28.8 Å². The Balaban J connectivity index is 1.56. The molecule has 9 nitrogen and oxygen atoms in total. The van der Waals surface area contributed by atoms with Crippen LogP contribution in [0.15, 0.2) is 65.7 Å². The third-order valence-corrected chi connectivity index (χ3v) is 5.64. The molecule has 0 aliphatic rings. The van der Waals surface area contributed by atoms with Crippen LogP contribution in [0.4, 0.5) is 0 Å². The molecule has 0 aliphatic heterocycles. The summed E-state index contributed by atoms with van der Waals surface area (Å²) in [7, 11) is 0. The lowest BCUT2D eigenvalue weighted by atomic mass is 10.2. The van der Waals surface area contributed by atoms with Gasteiger partial charge in [-0.15, -0.1) is 16.4 Å². The highest BCUT2D eigenvalue weighted by molar-refractivity contribution is 7.17. The fourth-order valence-electron chi connectivity index (χ4n) is 2.95. The first-order valence-electron chi connectivity index (χ1n) is 9.56. The van der Waals surface area contributed by atoms with Gasteiger partial charge in [0.2, 0.25) is 0 Å². The molecule has 4 rings (SSSR count). The van der Waals surface area contributed by atoms with Crippen LogP contribution in [0.2, 0.25) is 4.34 Å². The number of aromatic nitrogens is 4. The molecule has 0 saturated heterocycles. The van der Waals surface area contributed by atoms with Gasteiger partial charge in [-0.3, -0.25) is 14.2 Å². The first kappa shape index (κ1) is 21.8. The van der Waals surface area contributed by atoms with Gasteiger partial charge >= 0.3 is 0 Å². The number of nitrogens with one attached hydrogen (secondary N) is 1. The number of amides is 1. The topological polar surface area (TPSA) is 111 Å². The summed E-state index contributed by atoms with van der Waals surface area (Å²) < 4.78 is 9.20. The van der Waals surface area contributed by atoms with Gasteiger partial charge in [-0.1, -0.05) is 22.9 Å². The summed E-state index contributed by atoms with van der Waals surface area (Å²) in [6.45, 7) is 0.0795. The second-order valence-electron chi connectivity index (χ2n) is 6.57. The van der Waals surface area contributed by atoms with E-state index >= 15 is 0 Å². The molecule has 0 radical (unpaired) electrons. The van der Waals surface area contributed by atoms with E-state index in [0.717, 1.165) is 0 Å². The lowest BCUT2D eigenvalue weighted by Gasteiger charge is -2.13. The fraction of sp³-hybridized carbons (Fsp3) is 0.143. The molecule has 11 heteroatoms. The van der Waals surface area contributed by atoms with Gasteiger partial charge in [-0.05, 0) is 30.3 Å². The van der Waals surface area contributed by atoms with Crippen LogP contribution in [0, 0.1) is 0 Å². The number of hydrogen-bond acceptors (Lipinski definition) is 7. The Morgan fingerprint density at radius 3 is 2.84 bits per heavy atom. The van der Waals surface area contributed by atoms with Crippen LogP contribution in [-0.4, -0.2) is 43.8 Å². The molecule has 0 saturated carbocycles. The molecule has 2 N–H and O–H groups in total. The predicted molar refractivity (Wildman–Crippen MR) is 120 cm³/mol. The monoisotopic (exact) mass is 471 g/mol. The van der Waals surface area contributed by atoms with Crippen molar-refractivity contribution in [3.63, 3.8) is 0 Å². The molecule has 1 aromatic carbocycles. The summed E-state index contributed by atoms with van der Waals surface area (Å²) in [5.74, 6) is 0.169. The van der Waals surface area contributed by atoms with Gasteiger partial charge in [0.05, 0.1) is 34.2 Å². The maximum Gasteiger partial charge on any atom is 0.261 e. The Bertz CT molecular complexity index is 1300. The van der Waals surface area contributed by atoms with Gasteiger partial charge in [0.25, 0.3) is 11.5 Å². The first-order valence-corrected chi connectivity index (χ1v) is 10.8. The number of ether oxygens (including phenoxy) is 1. The molecule has 0 atom stereocenters. The van der Waals surface area contributed by atoms with Crippen molar-refractivity contribution in [1.29, 1.82) is 0 Å². The zero-order valence-corrected chi connectivity index (χ0v) is 18.2. The number of carbonyl (C=O) groups is 1. The van der Waals surface area contributed by atoms with Crippen LogP contribution < -0.4 is 15.6 Å². The summed E-state index contributed by atoms with van der Waals surface area (Å²) in [6.07, 6.45) is 3.32. The van der Waals surface area contributed by atoms with Crippen molar-refractivity contribution < 1.29 is 14.6 Å². The van der Waals surface area contributed by atoms with Crippen molar-refractivity contribution in [2.75, 3.05) is 13.2 Å². The number of carbonyl (C=O) groups excluding carboxylic acids is 1. The number of nitrogens with zero attached hydrogens (tertiary/aromatic N) is 4. The molecule has 3 heterocycles. The van der Waals surface area contributed by atoms with E-state index in [1.807, 2.05) is 0 Å². The zero-order chi connectivity index (χ0) is 22.5. The van der Waals surface area contributed by atoms with E-state index in [1.54, 1.807) is 54.9 Å². The van der Waals surface area contributed by atoms with Crippen molar-refractivity contribution in [2.24, 2.45) is 0 Å². The molecule has 164 valence electrons. The molecular formula is C21H18ClN5O4S.